The van der Waals surface area contributed by atoms with E-state index in [4.69, 9.17) is 0 Å². The fraction of sp³-hybridized carbons (Fsp3) is 0.167. The number of hydrogen-bond donors (Lipinski definition) is 2. The van der Waals surface area contributed by atoms with Crippen LogP contribution in [0.4, 0.5) is 5.69 Å². The Morgan fingerprint density at radius 1 is 1.28 bits per heavy atom. The highest BCUT2D eigenvalue weighted by Gasteiger charge is 2.09. The summed E-state index contributed by atoms with van der Waals surface area (Å²) in [6, 6.07) is 7.54. The highest BCUT2D eigenvalue weighted by atomic mass is 127. The van der Waals surface area contributed by atoms with Crippen LogP contribution in [0.1, 0.15) is 0 Å². The molecule has 2 aromatic rings. The van der Waals surface area contributed by atoms with Crippen LogP contribution in [0.25, 0.3) is 11.4 Å². The van der Waals surface area contributed by atoms with Crippen LogP contribution >= 0.6 is 22.6 Å². The van der Waals surface area contributed by atoms with Crippen molar-refractivity contribution in [2.24, 2.45) is 0 Å². The Bertz CT molecular complexity index is 620. The van der Waals surface area contributed by atoms with Gasteiger partial charge in [-0.05, 0) is 46.9 Å². The summed E-state index contributed by atoms with van der Waals surface area (Å²) < 4.78 is 0.196. The van der Waals surface area contributed by atoms with Gasteiger partial charge in [-0.1, -0.05) is 0 Å². The minimum Gasteiger partial charge on any atom is -0.492 e. The highest BCUT2D eigenvalue weighted by molar-refractivity contribution is 14.1. The molecule has 0 atom stereocenters. The molecule has 0 aliphatic heterocycles. The van der Waals surface area contributed by atoms with Crippen molar-refractivity contribution < 1.29 is 5.11 Å². The number of aromatic amines is 1. The molecule has 5 nitrogen and oxygen atoms in total. The van der Waals surface area contributed by atoms with Gasteiger partial charge in [-0.2, -0.15) is 4.98 Å². The Balaban J connectivity index is 2.46. The average molecular weight is 357 g/mol. The maximum atomic E-state index is 11.5. The molecule has 94 valence electrons. The monoisotopic (exact) mass is 357 g/mol. The standard InChI is InChI=1S/C12H12IN3O2/c1-16(2)8-5-3-7(4-6-8)10-14-11(17)9(13)12(18)15-10/h3-6H,1-2H3,(H2,14,15,17,18). The number of halogens is 1. The second-order valence-electron chi connectivity index (χ2n) is 3.99. The van der Waals surface area contributed by atoms with E-state index in [2.05, 4.69) is 9.97 Å². The molecule has 1 aromatic heterocycles. The molecule has 0 fully saturated rings. The van der Waals surface area contributed by atoms with Gasteiger partial charge in [-0.25, -0.2) is 0 Å². The topological polar surface area (TPSA) is 69.2 Å². The molecule has 6 heteroatoms. The summed E-state index contributed by atoms with van der Waals surface area (Å²) in [4.78, 5) is 20.1. The maximum absolute atomic E-state index is 11.5. The number of benzene rings is 1. The minimum absolute atomic E-state index is 0.196. The number of anilines is 1. The molecule has 1 aromatic carbocycles. The predicted octanol–water partition coefficient (Wildman–Crippen LogP) is 1.81. The molecule has 18 heavy (non-hydrogen) atoms. The second kappa shape index (κ2) is 4.97. The van der Waals surface area contributed by atoms with Crippen molar-refractivity contribution in [3.05, 3.63) is 38.2 Å². The molecule has 0 radical (unpaired) electrons. The first-order valence-electron chi connectivity index (χ1n) is 5.25. The van der Waals surface area contributed by atoms with Crippen LogP contribution in [0.2, 0.25) is 0 Å². The summed E-state index contributed by atoms with van der Waals surface area (Å²) in [5.41, 5.74) is 1.47. The lowest BCUT2D eigenvalue weighted by Gasteiger charge is -2.12. The highest BCUT2D eigenvalue weighted by Crippen LogP contribution is 2.21. The summed E-state index contributed by atoms with van der Waals surface area (Å²) in [6.45, 7) is 0. The summed E-state index contributed by atoms with van der Waals surface area (Å²) in [5, 5.41) is 9.54. The average Bonchev–Trinajstić information content (AvgIpc) is 2.35. The summed E-state index contributed by atoms with van der Waals surface area (Å²) >= 11 is 1.76. The molecule has 0 bridgehead atoms. The molecule has 0 saturated carbocycles. The van der Waals surface area contributed by atoms with Crippen LogP contribution in [0, 0.1) is 3.57 Å². The first-order valence-corrected chi connectivity index (χ1v) is 6.33. The molecule has 2 N–H and O–H groups in total. The lowest BCUT2D eigenvalue weighted by atomic mass is 10.2. The molecule has 0 spiro atoms. The summed E-state index contributed by atoms with van der Waals surface area (Å²) in [7, 11) is 3.90. The zero-order chi connectivity index (χ0) is 13.3. The Hall–Kier alpha value is -1.57. The zero-order valence-corrected chi connectivity index (χ0v) is 12.1. The van der Waals surface area contributed by atoms with Gasteiger partial charge in [0.05, 0.1) is 0 Å². The van der Waals surface area contributed by atoms with Crippen LogP contribution < -0.4 is 10.5 Å². The van der Waals surface area contributed by atoms with Crippen LogP contribution in [0.15, 0.2) is 29.1 Å². The van der Waals surface area contributed by atoms with Crippen molar-refractivity contribution in [2.75, 3.05) is 19.0 Å². The van der Waals surface area contributed by atoms with Crippen LogP contribution in [0.3, 0.4) is 0 Å². The molecule has 0 amide bonds. The number of nitrogens with zero attached hydrogens (tertiary/aromatic N) is 2. The largest absolute Gasteiger partial charge is 0.492 e. The predicted molar refractivity (Wildman–Crippen MR) is 79.0 cm³/mol. The van der Waals surface area contributed by atoms with Gasteiger partial charge in [0.25, 0.3) is 5.56 Å². The van der Waals surface area contributed by atoms with E-state index in [1.807, 2.05) is 43.3 Å². The molecular formula is C12H12IN3O2. The van der Waals surface area contributed by atoms with E-state index >= 15 is 0 Å². The Morgan fingerprint density at radius 2 is 1.89 bits per heavy atom. The summed E-state index contributed by atoms with van der Waals surface area (Å²) in [5.74, 6) is 0.120. The van der Waals surface area contributed by atoms with Crippen LogP contribution in [0.5, 0.6) is 5.88 Å². The van der Waals surface area contributed by atoms with E-state index in [0.717, 1.165) is 11.3 Å². The van der Waals surface area contributed by atoms with Crippen molar-refractivity contribution in [3.63, 3.8) is 0 Å². The van der Waals surface area contributed by atoms with E-state index < -0.39 is 0 Å². The number of nitrogens with one attached hydrogen (secondary N) is 1. The van der Waals surface area contributed by atoms with Crippen molar-refractivity contribution in [2.45, 2.75) is 0 Å². The van der Waals surface area contributed by atoms with Gasteiger partial charge >= 0.3 is 0 Å². The quantitative estimate of drug-likeness (QED) is 0.805. The third-order valence-electron chi connectivity index (χ3n) is 2.50. The van der Waals surface area contributed by atoms with E-state index in [9.17, 15) is 9.90 Å². The number of H-pyrrole nitrogens is 1. The fourth-order valence-corrected chi connectivity index (χ4v) is 1.76. The van der Waals surface area contributed by atoms with E-state index in [0.29, 0.717) is 5.82 Å². The van der Waals surface area contributed by atoms with Gasteiger partial charge in [-0.15, -0.1) is 0 Å². The van der Waals surface area contributed by atoms with Gasteiger partial charge in [0.2, 0.25) is 5.88 Å². The molecule has 0 saturated heterocycles. The zero-order valence-electron chi connectivity index (χ0n) is 9.94. The Labute approximate surface area is 118 Å². The number of aromatic nitrogens is 2. The fourth-order valence-electron chi connectivity index (χ4n) is 1.50. The van der Waals surface area contributed by atoms with Gasteiger partial charge in [-0.3, -0.25) is 4.79 Å². The lowest BCUT2D eigenvalue weighted by molar-refractivity contribution is 0.447. The van der Waals surface area contributed by atoms with Crippen molar-refractivity contribution >= 4 is 28.3 Å². The van der Waals surface area contributed by atoms with Gasteiger partial charge in [0, 0.05) is 25.3 Å². The van der Waals surface area contributed by atoms with Crippen molar-refractivity contribution in [3.8, 4) is 17.3 Å². The number of rotatable bonds is 2. The third kappa shape index (κ3) is 2.47. The minimum atomic E-state index is -0.338. The van der Waals surface area contributed by atoms with E-state index in [-0.39, 0.29) is 15.0 Å². The van der Waals surface area contributed by atoms with Gasteiger partial charge in [0.1, 0.15) is 9.39 Å². The Kier molecular flexibility index (Phi) is 3.55. The van der Waals surface area contributed by atoms with E-state index in [1.165, 1.54) is 0 Å². The SMILES string of the molecule is CN(C)c1ccc(-c2nc(O)c(I)c(=O)[nH]2)cc1. The second-order valence-corrected chi connectivity index (χ2v) is 5.07. The molecule has 2 rings (SSSR count). The van der Waals surface area contributed by atoms with Gasteiger partial charge in [0.15, 0.2) is 0 Å². The molecule has 1 heterocycles. The lowest BCUT2D eigenvalue weighted by Crippen LogP contribution is -2.12. The first kappa shape index (κ1) is 12.9. The van der Waals surface area contributed by atoms with Crippen molar-refractivity contribution in [1.82, 2.24) is 9.97 Å². The Morgan fingerprint density at radius 3 is 2.39 bits per heavy atom. The molecule has 0 aliphatic carbocycles. The van der Waals surface area contributed by atoms with Gasteiger partial charge < -0.3 is 15.0 Å². The molecule has 0 unspecified atom stereocenters. The van der Waals surface area contributed by atoms with E-state index in [1.54, 1.807) is 22.6 Å². The molecule has 0 aliphatic rings. The smallest absolute Gasteiger partial charge is 0.268 e. The third-order valence-corrected chi connectivity index (χ3v) is 3.47. The maximum Gasteiger partial charge on any atom is 0.268 e. The molecular weight excluding hydrogens is 345 g/mol. The number of aromatic hydroxyl groups is 1. The first-order chi connectivity index (χ1) is 8.49. The number of hydrogen-bond acceptors (Lipinski definition) is 4. The van der Waals surface area contributed by atoms with Crippen molar-refractivity contribution in [1.29, 1.82) is 0 Å². The van der Waals surface area contributed by atoms with Crippen LogP contribution in [-0.4, -0.2) is 29.2 Å². The van der Waals surface area contributed by atoms with Crippen LogP contribution in [-0.2, 0) is 0 Å². The summed E-state index contributed by atoms with van der Waals surface area (Å²) in [6.07, 6.45) is 0. The normalized spacial score (nSPS) is 10.4.